The molecule has 0 spiro atoms. The zero-order valence-electron chi connectivity index (χ0n) is 6.73. The molecule has 1 rings (SSSR count). The van der Waals surface area contributed by atoms with Gasteiger partial charge in [0.1, 0.15) is 0 Å². The average molecular weight is 156 g/mol. The van der Waals surface area contributed by atoms with Gasteiger partial charge in [0, 0.05) is 6.61 Å². The second-order valence-electron chi connectivity index (χ2n) is 3.25. The van der Waals surface area contributed by atoms with Crippen molar-refractivity contribution in [2.45, 2.75) is 31.4 Å². The lowest BCUT2D eigenvalue weighted by atomic mass is 10.1. The zero-order chi connectivity index (χ0) is 7.45. The average Bonchev–Trinajstić information content (AvgIpc) is 1.89. The maximum atomic E-state index is 5.70. The van der Waals surface area contributed by atoms with E-state index in [9.17, 15) is 0 Å². The van der Waals surface area contributed by atoms with Crippen LogP contribution in [0, 0.1) is 0 Å². The quantitative estimate of drug-likeness (QED) is 0.546. The molecule has 58 valence electrons. The Kier molecular flexibility index (Phi) is 2.69. The lowest BCUT2D eigenvalue weighted by Gasteiger charge is -2.32. The Morgan fingerprint density at radius 2 is 2.40 bits per heavy atom. The summed E-state index contributed by atoms with van der Waals surface area (Å²) in [6, 6.07) is 0. The first kappa shape index (κ1) is 8.02. The molecular formula is C8H16OSi. The summed E-state index contributed by atoms with van der Waals surface area (Å²) in [5.41, 5.74) is 2.09. The first-order chi connectivity index (χ1) is 4.77. The van der Waals surface area contributed by atoms with Crippen molar-refractivity contribution in [3.05, 3.63) is 12.3 Å². The fourth-order valence-electron chi connectivity index (χ4n) is 1.46. The molecule has 1 aliphatic heterocycles. The topological polar surface area (TPSA) is 9.23 Å². The van der Waals surface area contributed by atoms with E-state index >= 15 is 0 Å². The third kappa shape index (κ3) is 1.96. The third-order valence-electron chi connectivity index (χ3n) is 2.13. The molecule has 0 aromatic heterocycles. The molecule has 0 N–H and O–H groups in total. The molecule has 0 amide bonds. The Morgan fingerprint density at radius 3 is 2.90 bits per heavy atom. The van der Waals surface area contributed by atoms with Crippen LogP contribution in [0.1, 0.15) is 26.2 Å². The fourth-order valence-corrected chi connectivity index (χ4v) is 2.79. The summed E-state index contributed by atoms with van der Waals surface area (Å²) in [5.74, 6) is 0. The van der Waals surface area contributed by atoms with Crippen LogP contribution in [0.4, 0.5) is 0 Å². The first-order valence-electron chi connectivity index (χ1n) is 4.02. The van der Waals surface area contributed by atoms with Crippen molar-refractivity contribution in [2.24, 2.45) is 0 Å². The van der Waals surface area contributed by atoms with E-state index in [2.05, 4.69) is 19.2 Å². The molecule has 0 aromatic carbocycles. The van der Waals surface area contributed by atoms with Crippen molar-refractivity contribution in [3.63, 3.8) is 0 Å². The van der Waals surface area contributed by atoms with Crippen LogP contribution < -0.4 is 0 Å². The van der Waals surface area contributed by atoms with E-state index in [1.807, 2.05) is 0 Å². The van der Waals surface area contributed by atoms with Gasteiger partial charge in [-0.25, -0.2) is 0 Å². The summed E-state index contributed by atoms with van der Waals surface area (Å²) in [4.78, 5) is 0. The summed E-state index contributed by atoms with van der Waals surface area (Å²) >= 11 is 0. The standard InChI is InChI=1S/C8H16OSi/c1-3-10-8(2)6-4-5-7-9-8/h3H,1,4-7,10H2,2H3. The summed E-state index contributed by atoms with van der Waals surface area (Å²) in [7, 11) is -0.179. The van der Waals surface area contributed by atoms with Gasteiger partial charge in [-0.05, 0) is 26.2 Å². The Balaban J connectivity index is 2.39. The van der Waals surface area contributed by atoms with Gasteiger partial charge < -0.3 is 4.74 Å². The van der Waals surface area contributed by atoms with Crippen LogP contribution in [-0.4, -0.2) is 21.4 Å². The normalized spacial score (nSPS) is 34.9. The maximum Gasteiger partial charge on any atom is 0.0823 e. The molecule has 0 bridgehead atoms. The summed E-state index contributed by atoms with van der Waals surface area (Å²) in [6.45, 7) is 6.99. The van der Waals surface area contributed by atoms with Crippen molar-refractivity contribution in [1.29, 1.82) is 0 Å². The highest BCUT2D eigenvalue weighted by Crippen LogP contribution is 2.22. The minimum absolute atomic E-state index is 0.179. The molecule has 1 heterocycles. The number of rotatable bonds is 2. The highest BCUT2D eigenvalue weighted by Gasteiger charge is 2.25. The molecule has 1 atom stereocenters. The Hall–Kier alpha value is -0.0831. The Morgan fingerprint density at radius 1 is 1.60 bits per heavy atom. The SMILES string of the molecule is C=C[SiH2]C1(C)CCCCO1. The molecule has 1 aliphatic rings. The van der Waals surface area contributed by atoms with Gasteiger partial charge in [-0.1, -0.05) is 0 Å². The van der Waals surface area contributed by atoms with Gasteiger partial charge in [-0.3, -0.25) is 0 Å². The molecule has 0 aromatic rings. The minimum Gasteiger partial charge on any atom is -0.379 e. The predicted molar refractivity (Wildman–Crippen MR) is 46.9 cm³/mol. The monoisotopic (exact) mass is 156 g/mol. The van der Waals surface area contributed by atoms with Crippen molar-refractivity contribution >= 4 is 9.52 Å². The number of ether oxygens (including phenoxy) is 1. The smallest absolute Gasteiger partial charge is 0.0823 e. The van der Waals surface area contributed by atoms with Crippen LogP contribution in [-0.2, 0) is 4.74 Å². The molecule has 0 saturated carbocycles. The number of hydrogen-bond donors (Lipinski definition) is 0. The lowest BCUT2D eigenvalue weighted by molar-refractivity contribution is -0.00625. The molecule has 1 nitrogen and oxygen atoms in total. The van der Waals surface area contributed by atoms with Crippen LogP contribution >= 0.6 is 0 Å². The van der Waals surface area contributed by atoms with Crippen LogP contribution in [0.2, 0.25) is 0 Å². The van der Waals surface area contributed by atoms with Crippen molar-refractivity contribution in [1.82, 2.24) is 0 Å². The fraction of sp³-hybridized carbons (Fsp3) is 0.750. The lowest BCUT2D eigenvalue weighted by Crippen LogP contribution is -2.38. The van der Waals surface area contributed by atoms with E-state index in [4.69, 9.17) is 4.74 Å². The predicted octanol–water partition coefficient (Wildman–Crippen LogP) is 1.22. The molecule has 10 heavy (non-hydrogen) atoms. The van der Waals surface area contributed by atoms with E-state index in [0.29, 0.717) is 0 Å². The van der Waals surface area contributed by atoms with E-state index < -0.39 is 0 Å². The van der Waals surface area contributed by atoms with E-state index in [1.165, 1.54) is 19.3 Å². The van der Waals surface area contributed by atoms with Crippen molar-refractivity contribution in [2.75, 3.05) is 6.61 Å². The largest absolute Gasteiger partial charge is 0.379 e. The summed E-state index contributed by atoms with van der Waals surface area (Å²) < 4.78 is 5.70. The number of hydrogen-bond acceptors (Lipinski definition) is 1. The van der Waals surface area contributed by atoms with E-state index in [1.54, 1.807) is 0 Å². The van der Waals surface area contributed by atoms with Crippen LogP contribution in [0.15, 0.2) is 12.3 Å². The van der Waals surface area contributed by atoms with Gasteiger partial charge in [0.15, 0.2) is 0 Å². The van der Waals surface area contributed by atoms with Gasteiger partial charge in [0.2, 0.25) is 0 Å². The van der Waals surface area contributed by atoms with E-state index in [0.717, 1.165) is 6.61 Å². The van der Waals surface area contributed by atoms with Crippen molar-refractivity contribution in [3.8, 4) is 0 Å². The van der Waals surface area contributed by atoms with Crippen LogP contribution in [0.3, 0.4) is 0 Å². The molecule has 1 saturated heterocycles. The van der Waals surface area contributed by atoms with Crippen LogP contribution in [0.25, 0.3) is 0 Å². The summed E-state index contributed by atoms with van der Waals surface area (Å²) in [6.07, 6.45) is 3.85. The highest BCUT2D eigenvalue weighted by atomic mass is 28.2. The highest BCUT2D eigenvalue weighted by molar-refractivity contribution is 6.45. The van der Waals surface area contributed by atoms with E-state index in [-0.39, 0.29) is 14.7 Å². The molecule has 0 radical (unpaired) electrons. The second kappa shape index (κ2) is 3.35. The molecule has 1 unspecified atom stereocenters. The third-order valence-corrected chi connectivity index (χ3v) is 3.84. The molecular weight excluding hydrogens is 140 g/mol. The Labute approximate surface area is 65.3 Å². The van der Waals surface area contributed by atoms with Crippen molar-refractivity contribution < 1.29 is 4.74 Å². The molecule has 0 aliphatic carbocycles. The summed E-state index contributed by atoms with van der Waals surface area (Å²) in [5, 5.41) is 0.250. The first-order valence-corrected chi connectivity index (χ1v) is 5.54. The second-order valence-corrected chi connectivity index (χ2v) is 5.73. The van der Waals surface area contributed by atoms with Crippen LogP contribution in [0.5, 0.6) is 0 Å². The van der Waals surface area contributed by atoms with Gasteiger partial charge in [0.05, 0.1) is 14.7 Å². The molecule has 2 heteroatoms. The van der Waals surface area contributed by atoms with Gasteiger partial charge in [-0.2, -0.15) is 0 Å². The van der Waals surface area contributed by atoms with Gasteiger partial charge in [0.25, 0.3) is 0 Å². The van der Waals surface area contributed by atoms with Gasteiger partial charge >= 0.3 is 0 Å². The van der Waals surface area contributed by atoms with Gasteiger partial charge in [-0.15, -0.1) is 12.3 Å². The zero-order valence-corrected chi connectivity index (χ0v) is 8.14. The maximum absolute atomic E-state index is 5.70. The molecule has 1 fully saturated rings. The Bertz CT molecular complexity index is 116. The minimum atomic E-state index is -0.179.